The number of rotatable bonds is 5. The van der Waals surface area contributed by atoms with Crippen LogP contribution in [0.25, 0.3) is 44.1 Å². The molecule has 0 aliphatic heterocycles. The molecule has 40 heavy (non-hydrogen) atoms. The monoisotopic (exact) mass is 707 g/mol. The molecule has 0 N–H and O–H groups in total. The van der Waals surface area contributed by atoms with Crippen molar-refractivity contribution in [1.29, 1.82) is 0 Å². The summed E-state index contributed by atoms with van der Waals surface area (Å²) in [5.74, 6) is -1.18. The van der Waals surface area contributed by atoms with Crippen LogP contribution in [0.5, 0.6) is 0 Å². The van der Waals surface area contributed by atoms with Gasteiger partial charge >= 0.3 is 0 Å². The van der Waals surface area contributed by atoms with Gasteiger partial charge in [-0.2, -0.15) is 0 Å². The minimum atomic E-state index is -1.08. The van der Waals surface area contributed by atoms with E-state index in [2.05, 4.69) is 36.4 Å². The van der Waals surface area contributed by atoms with Gasteiger partial charge in [-0.05, 0) is 27.6 Å². The zero-order valence-corrected chi connectivity index (χ0v) is 26.2. The largest absolute Gasteiger partial charge is 0.298 e. The molecule has 0 atom stereocenters. The molecule has 0 aliphatic rings. The van der Waals surface area contributed by atoms with Crippen LogP contribution in [-0.4, -0.2) is 21.5 Å². The third-order valence-corrected chi connectivity index (χ3v) is 7.14. The molecule has 0 unspecified atom stereocenters. The number of ketones is 2. The van der Waals surface area contributed by atoms with Crippen LogP contribution in [0.15, 0.2) is 91.0 Å². The Morgan fingerprint density at radius 2 is 0.950 bits per heavy atom. The average Bonchev–Trinajstić information content (AvgIpc) is 2.91. The number of hydrogen-bond acceptors (Lipinski definition) is 4. The van der Waals surface area contributed by atoms with Crippen molar-refractivity contribution in [2.45, 2.75) is 47.5 Å². The standard InChI is InChI=1S/C35H34N2O2.Ir/c1-34(2,3)31(38)30(32(39)35(4,5)6)33-36-28(26-19-11-15-22-13-7-9-17-24(22)26)21-29(37-33)27-20-12-16-23-14-8-10-18-25(23)27;/h7-21,30H,1-6H3;. The van der Waals surface area contributed by atoms with Crippen molar-refractivity contribution in [2.75, 3.05) is 0 Å². The van der Waals surface area contributed by atoms with Crippen LogP contribution in [0.3, 0.4) is 0 Å². The molecule has 5 rings (SSSR count). The van der Waals surface area contributed by atoms with Crippen LogP contribution in [0.2, 0.25) is 0 Å². The summed E-state index contributed by atoms with van der Waals surface area (Å²) in [6.45, 7) is 11.1. The molecule has 0 aliphatic carbocycles. The van der Waals surface area contributed by atoms with Gasteiger partial charge in [0.2, 0.25) is 0 Å². The van der Waals surface area contributed by atoms with Gasteiger partial charge in [-0.3, -0.25) is 9.59 Å². The zero-order chi connectivity index (χ0) is 27.9. The van der Waals surface area contributed by atoms with Crippen molar-refractivity contribution >= 4 is 33.1 Å². The van der Waals surface area contributed by atoms with E-state index in [1.54, 1.807) is 0 Å². The Labute approximate surface area is 249 Å². The van der Waals surface area contributed by atoms with Gasteiger partial charge in [-0.25, -0.2) is 9.97 Å². The minimum Gasteiger partial charge on any atom is -0.298 e. The zero-order valence-electron chi connectivity index (χ0n) is 23.8. The number of nitrogens with zero attached hydrogens (tertiary/aromatic N) is 2. The topological polar surface area (TPSA) is 59.9 Å². The van der Waals surface area contributed by atoms with E-state index in [-0.39, 0.29) is 37.5 Å². The quantitative estimate of drug-likeness (QED) is 0.172. The third-order valence-electron chi connectivity index (χ3n) is 7.14. The first-order valence-corrected chi connectivity index (χ1v) is 13.4. The molecule has 0 amide bonds. The van der Waals surface area contributed by atoms with E-state index in [1.165, 1.54) is 0 Å². The Bertz CT molecular complexity index is 1590. The normalized spacial score (nSPS) is 12.0. The maximum absolute atomic E-state index is 13.9. The summed E-state index contributed by atoms with van der Waals surface area (Å²) in [7, 11) is 0. The van der Waals surface area contributed by atoms with E-state index in [0.29, 0.717) is 11.4 Å². The van der Waals surface area contributed by atoms with Crippen molar-refractivity contribution in [3.63, 3.8) is 0 Å². The molecular weight excluding hydrogens is 673 g/mol. The molecule has 0 saturated carbocycles. The fourth-order valence-electron chi connectivity index (χ4n) is 4.99. The Balaban J connectivity index is 0.00000370. The van der Waals surface area contributed by atoms with Gasteiger partial charge in [0.25, 0.3) is 0 Å². The molecule has 1 radical (unpaired) electrons. The maximum atomic E-state index is 13.9. The van der Waals surface area contributed by atoms with Crippen molar-refractivity contribution < 1.29 is 29.7 Å². The second-order valence-electron chi connectivity index (χ2n) is 12.2. The van der Waals surface area contributed by atoms with Crippen LogP contribution >= 0.6 is 0 Å². The average molecular weight is 707 g/mol. The number of carbonyl (C=O) groups is 2. The van der Waals surface area contributed by atoms with Crippen LogP contribution in [0, 0.1) is 10.8 Å². The summed E-state index contributed by atoms with van der Waals surface area (Å²) in [5.41, 5.74) is 1.75. The summed E-state index contributed by atoms with van der Waals surface area (Å²) in [6.07, 6.45) is 0. The van der Waals surface area contributed by atoms with E-state index < -0.39 is 16.7 Å². The van der Waals surface area contributed by atoms with E-state index in [0.717, 1.165) is 32.7 Å². The minimum absolute atomic E-state index is 0. The Morgan fingerprint density at radius 1 is 0.575 bits per heavy atom. The van der Waals surface area contributed by atoms with Crippen molar-refractivity contribution in [1.82, 2.24) is 9.97 Å². The van der Waals surface area contributed by atoms with Gasteiger partial charge in [0.05, 0.1) is 11.4 Å². The van der Waals surface area contributed by atoms with Crippen LogP contribution in [0.1, 0.15) is 53.3 Å². The number of Topliss-reactive ketones (excluding diaryl/α,β-unsaturated/α-hetero) is 2. The number of benzene rings is 4. The van der Waals surface area contributed by atoms with Crippen LogP contribution in [-0.2, 0) is 29.7 Å². The Hall–Kier alpha value is -3.53. The fourth-order valence-corrected chi connectivity index (χ4v) is 4.99. The molecule has 4 aromatic carbocycles. The van der Waals surface area contributed by atoms with E-state index in [4.69, 9.17) is 9.97 Å². The maximum Gasteiger partial charge on any atom is 0.156 e. The summed E-state index contributed by atoms with van der Waals surface area (Å²) < 4.78 is 0. The molecule has 0 spiro atoms. The van der Waals surface area contributed by atoms with Gasteiger partial charge in [0, 0.05) is 42.1 Å². The molecular formula is C35H34IrN2O2. The van der Waals surface area contributed by atoms with Crippen LogP contribution in [0.4, 0.5) is 0 Å². The van der Waals surface area contributed by atoms with Crippen molar-refractivity contribution in [3.05, 3.63) is 96.8 Å². The van der Waals surface area contributed by atoms with E-state index >= 15 is 0 Å². The summed E-state index contributed by atoms with van der Waals surface area (Å²) in [6, 6.07) is 30.5. The Kier molecular flexibility index (Phi) is 8.21. The number of aromatic nitrogens is 2. The molecule has 4 nitrogen and oxygen atoms in total. The van der Waals surface area contributed by atoms with Crippen LogP contribution < -0.4 is 0 Å². The molecule has 0 bridgehead atoms. The number of hydrogen-bond donors (Lipinski definition) is 0. The molecule has 0 saturated heterocycles. The van der Waals surface area contributed by atoms with Gasteiger partial charge < -0.3 is 0 Å². The van der Waals surface area contributed by atoms with Gasteiger partial charge in [0.1, 0.15) is 11.7 Å². The smallest absolute Gasteiger partial charge is 0.156 e. The first kappa shape index (κ1) is 29.5. The summed E-state index contributed by atoms with van der Waals surface area (Å²) >= 11 is 0. The molecule has 0 fully saturated rings. The van der Waals surface area contributed by atoms with Crippen molar-refractivity contribution in [3.8, 4) is 22.5 Å². The molecule has 1 heterocycles. The number of fused-ring (bicyclic) bond motifs is 2. The Morgan fingerprint density at radius 3 is 1.35 bits per heavy atom. The first-order valence-electron chi connectivity index (χ1n) is 13.4. The molecule has 5 heteroatoms. The summed E-state index contributed by atoms with van der Waals surface area (Å²) in [5, 5.41) is 4.29. The SMILES string of the molecule is CC(C)(C)C(=O)C(C(=O)C(C)(C)C)c1nc(-c2cccc3ccccc23)cc(-c2cccc3ccccc23)n1.[Ir]. The van der Waals surface area contributed by atoms with Crippen molar-refractivity contribution in [2.24, 2.45) is 10.8 Å². The summed E-state index contributed by atoms with van der Waals surface area (Å²) in [4.78, 5) is 37.7. The second kappa shape index (κ2) is 11.2. The second-order valence-corrected chi connectivity index (χ2v) is 12.2. The molecule has 1 aromatic heterocycles. The molecule has 205 valence electrons. The first-order chi connectivity index (χ1) is 18.4. The molecule has 5 aromatic rings. The van der Waals surface area contributed by atoms with Gasteiger partial charge in [-0.15, -0.1) is 0 Å². The van der Waals surface area contributed by atoms with E-state index in [9.17, 15) is 9.59 Å². The van der Waals surface area contributed by atoms with Gasteiger partial charge in [-0.1, -0.05) is 126 Å². The van der Waals surface area contributed by atoms with Gasteiger partial charge in [0.15, 0.2) is 11.6 Å². The predicted molar refractivity (Wildman–Crippen MR) is 160 cm³/mol. The fraction of sp³-hybridized carbons (Fsp3) is 0.257. The third kappa shape index (κ3) is 5.68. The number of carbonyl (C=O) groups excluding carboxylic acids is 2. The van der Waals surface area contributed by atoms with E-state index in [1.807, 2.05) is 96.1 Å². The predicted octanol–water partition coefficient (Wildman–Crippen LogP) is 8.43.